The predicted molar refractivity (Wildman–Crippen MR) is 81.7 cm³/mol. The molecule has 0 aliphatic heterocycles. The first-order valence-corrected chi connectivity index (χ1v) is 6.73. The second-order valence-electron chi connectivity index (χ2n) is 4.85. The number of nitrogens with zero attached hydrogens (tertiary/aromatic N) is 1. The van der Waals surface area contributed by atoms with Gasteiger partial charge in [-0.15, -0.1) is 12.4 Å². The van der Waals surface area contributed by atoms with Gasteiger partial charge in [0.05, 0.1) is 12.6 Å². The number of methoxy groups -OCH3 is 1. The molecule has 0 fully saturated rings. The fourth-order valence-corrected chi connectivity index (χ4v) is 1.55. The van der Waals surface area contributed by atoms with E-state index in [2.05, 4.69) is 10.2 Å². The van der Waals surface area contributed by atoms with Crippen LogP contribution in [0.2, 0.25) is 0 Å². The zero-order valence-corrected chi connectivity index (χ0v) is 13.5. The van der Waals surface area contributed by atoms with E-state index in [4.69, 9.17) is 10.5 Å². The maximum atomic E-state index is 11.7. The number of likely N-dealkylation sites (N-methyl/N-ethyl adjacent to an activating group) is 1. The van der Waals surface area contributed by atoms with Gasteiger partial charge in [0.1, 0.15) is 0 Å². The maximum Gasteiger partial charge on any atom is 0.237 e. The molecule has 2 unspecified atom stereocenters. The van der Waals surface area contributed by atoms with Crippen molar-refractivity contribution in [2.24, 2.45) is 11.7 Å². The highest BCUT2D eigenvalue weighted by atomic mass is 35.5. The quantitative estimate of drug-likeness (QED) is 0.587. The van der Waals surface area contributed by atoms with Crippen molar-refractivity contribution in [2.45, 2.75) is 32.7 Å². The fourth-order valence-electron chi connectivity index (χ4n) is 1.55. The Hall–Kier alpha value is -0.360. The molecule has 5 nitrogen and oxygen atoms in total. The molecule has 0 heterocycles. The molecule has 0 spiro atoms. The lowest BCUT2D eigenvalue weighted by Gasteiger charge is -2.19. The Morgan fingerprint density at radius 2 is 2.05 bits per heavy atom. The van der Waals surface area contributed by atoms with Crippen LogP contribution in [0.4, 0.5) is 0 Å². The topological polar surface area (TPSA) is 67.6 Å². The number of rotatable bonds is 10. The lowest BCUT2D eigenvalue weighted by atomic mass is 9.99. The van der Waals surface area contributed by atoms with Crippen LogP contribution in [0.15, 0.2) is 0 Å². The van der Waals surface area contributed by atoms with Crippen LogP contribution >= 0.6 is 12.4 Å². The van der Waals surface area contributed by atoms with Gasteiger partial charge in [-0.3, -0.25) is 4.79 Å². The minimum atomic E-state index is -0.388. The summed E-state index contributed by atoms with van der Waals surface area (Å²) in [6.07, 6.45) is 1.85. The molecular weight excluding hydrogens is 266 g/mol. The van der Waals surface area contributed by atoms with Crippen molar-refractivity contribution in [2.75, 3.05) is 40.4 Å². The lowest BCUT2D eigenvalue weighted by molar-refractivity contribution is -0.123. The summed E-state index contributed by atoms with van der Waals surface area (Å²) in [5.74, 6) is 0.193. The summed E-state index contributed by atoms with van der Waals surface area (Å²) < 4.78 is 5.00. The van der Waals surface area contributed by atoms with Gasteiger partial charge in [0, 0.05) is 20.2 Å². The van der Waals surface area contributed by atoms with E-state index in [0.29, 0.717) is 6.54 Å². The number of nitrogens with two attached hydrogens (primary N) is 1. The number of carbonyl (C=O) groups is 1. The summed E-state index contributed by atoms with van der Waals surface area (Å²) in [6, 6.07) is -0.388. The van der Waals surface area contributed by atoms with E-state index < -0.39 is 0 Å². The van der Waals surface area contributed by atoms with Crippen molar-refractivity contribution in [3.8, 4) is 0 Å². The van der Waals surface area contributed by atoms with Crippen molar-refractivity contribution in [1.29, 1.82) is 0 Å². The Kier molecular flexibility index (Phi) is 14.0. The smallest absolute Gasteiger partial charge is 0.237 e. The van der Waals surface area contributed by atoms with Crippen LogP contribution in [-0.2, 0) is 9.53 Å². The number of hydrogen-bond acceptors (Lipinski definition) is 4. The zero-order chi connectivity index (χ0) is 14.0. The van der Waals surface area contributed by atoms with Gasteiger partial charge in [0.25, 0.3) is 0 Å². The van der Waals surface area contributed by atoms with Gasteiger partial charge in [-0.1, -0.05) is 20.3 Å². The van der Waals surface area contributed by atoms with E-state index in [1.165, 1.54) is 0 Å². The Balaban J connectivity index is 0. The number of amides is 1. The molecule has 0 aromatic rings. The zero-order valence-electron chi connectivity index (χ0n) is 12.6. The van der Waals surface area contributed by atoms with Gasteiger partial charge in [-0.2, -0.15) is 0 Å². The van der Waals surface area contributed by atoms with E-state index in [0.717, 1.165) is 32.5 Å². The van der Waals surface area contributed by atoms with E-state index >= 15 is 0 Å². The summed E-state index contributed by atoms with van der Waals surface area (Å²) in [7, 11) is 3.75. The highest BCUT2D eigenvalue weighted by Gasteiger charge is 2.18. The van der Waals surface area contributed by atoms with Crippen LogP contribution in [0.5, 0.6) is 0 Å². The summed E-state index contributed by atoms with van der Waals surface area (Å²) in [4.78, 5) is 13.9. The molecule has 116 valence electrons. The largest absolute Gasteiger partial charge is 0.383 e. The fraction of sp³-hybridized carbons (Fsp3) is 0.923. The van der Waals surface area contributed by atoms with Crippen LogP contribution in [0.1, 0.15) is 26.7 Å². The lowest BCUT2D eigenvalue weighted by Crippen LogP contribution is -2.45. The molecule has 0 aliphatic carbocycles. The Morgan fingerprint density at radius 1 is 1.42 bits per heavy atom. The number of ether oxygens (including phenoxy) is 1. The molecule has 0 aromatic heterocycles. The first-order chi connectivity index (χ1) is 8.52. The maximum absolute atomic E-state index is 11.7. The molecule has 2 atom stereocenters. The summed E-state index contributed by atoms with van der Waals surface area (Å²) in [5.41, 5.74) is 5.84. The Labute approximate surface area is 123 Å². The number of halogens is 1. The van der Waals surface area contributed by atoms with E-state index in [9.17, 15) is 4.79 Å². The minimum Gasteiger partial charge on any atom is -0.383 e. The first kappa shape index (κ1) is 20.9. The van der Waals surface area contributed by atoms with Crippen LogP contribution < -0.4 is 11.1 Å². The Morgan fingerprint density at radius 3 is 2.58 bits per heavy atom. The van der Waals surface area contributed by atoms with Crippen LogP contribution in [0.3, 0.4) is 0 Å². The second-order valence-corrected chi connectivity index (χ2v) is 4.85. The molecule has 19 heavy (non-hydrogen) atoms. The second kappa shape index (κ2) is 12.7. The molecule has 0 radical (unpaired) electrons. The molecule has 0 saturated heterocycles. The van der Waals surface area contributed by atoms with Crippen molar-refractivity contribution in [3.05, 3.63) is 0 Å². The summed E-state index contributed by atoms with van der Waals surface area (Å²) in [6.45, 7) is 7.33. The van der Waals surface area contributed by atoms with E-state index in [1.54, 1.807) is 7.11 Å². The van der Waals surface area contributed by atoms with Crippen molar-refractivity contribution >= 4 is 18.3 Å². The monoisotopic (exact) mass is 295 g/mol. The molecular formula is C13H30ClN3O2. The predicted octanol–water partition coefficient (Wildman–Crippen LogP) is 0.866. The molecule has 0 bridgehead atoms. The SMILES string of the molecule is CCC(C)C(N)C(=O)NCCCN(C)CCOC.Cl. The molecule has 0 aliphatic rings. The number of nitrogens with one attached hydrogen (secondary N) is 1. The summed E-state index contributed by atoms with van der Waals surface area (Å²) >= 11 is 0. The first-order valence-electron chi connectivity index (χ1n) is 6.73. The molecule has 3 N–H and O–H groups in total. The molecule has 0 rings (SSSR count). The molecule has 0 aromatic carbocycles. The standard InChI is InChI=1S/C13H29N3O2.ClH/c1-5-11(2)12(14)13(17)15-7-6-8-16(3)9-10-18-4;/h11-12H,5-10,14H2,1-4H3,(H,15,17);1H. The van der Waals surface area contributed by atoms with Gasteiger partial charge in [-0.05, 0) is 25.9 Å². The average molecular weight is 296 g/mol. The van der Waals surface area contributed by atoms with Crippen molar-refractivity contribution in [1.82, 2.24) is 10.2 Å². The van der Waals surface area contributed by atoms with Gasteiger partial charge in [0.2, 0.25) is 5.91 Å². The summed E-state index contributed by atoms with van der Waals surface area (Å²) in [5, 5.41) is 2.89. The van der Waals surface area contributed by atoms with Crippen molar-refractivity contribution < 1.29 is 9.53 Å². The number of hydrogen-bond donors (Lipinski definition) is 2. The van der Waals surface area contributed by atoms with Crippen molar-refractivity contribution in [3.63, 3.8) is 0 Å². The van der Waals surface area contributed by atoms with Gasteiger partial charge in [0.15, 0.2) is 0 Å². The van der Waals surface area contributed by atoms with Crippen LogP contribution in [-0.4, -0.2) is 57.2 Å². The van der Waals surface area contributed by atoms with E-state index in [-0.39, 0.29) is 30.3 Å². The third-order valence-corrected chi connectivity index (χ3v) is 3.25. The van der Waals surface area contributed by atoms with Crippen LogP contribution in [0.25, 0.3) is 0 Å². The molecule has 0 saturated carbocycles. The minimum absolute atomic E-state index is 0. The third kappa shape index (κ3) is 10.1. The average Bonchev–Trinajstić information content (AvgIpc) is 2.39. The van der Waals surface area contributed by atoms with Gasteiger partial charge >= 0.3 is 0 Å². The van der Waals surface area contributed by atoms with Crippen LogP contribution in [0, 0.1) is 5.92 Å². The highest BCUT2D eigenvalue weighted by Crippen LogP contribution is 2.04. The van der Waals surface area contributed by atoms with Gasteiger partial charge in [-0.25, -0.2) is 0 Å². The number of carbonyl (C=O) groups excluding carboxylic acids is 1. The van der Waals surface area contributed by atoms with E-state index in [1.807, 2.05) is 20.9 Å². The third-order valence-electron chi connectivity index (χ3n) is 3.25. The van der Waals surface area contributed by atoms with Gasteiger partial charge < -0.3 is 20.7 Å². The molecule has 6 heteroatoms. The normalized spacial score (nSPS) is 13.8. The Bertz CT molecular complexity index is 230. The molecule has 1 amide bonds. The highest BCUT2D eigenvalue weighted by molar-refractivity contribution is 5.85.